The number of aromatic amines is 1. The van der Waals surface area contributed by atoms with Crippen LogP contribution in [0.3, 0.4) is 0 Å². The molecule has 0 saturated carbocycles. The van der Waals surface area contributed by atoms with Gasteiger partial charge in [-0.15, -0.1) is 0 Å². The zero-order valence-corrected chi connectivity index (χ0v) is 16.2. The van der Waals surface area contributed by atoms with E-state index in [1.807, 2.05) is 45.0 Å². The minimum absolute atomic E-state index is 0.323. The molecule has 0 unspecified atom stereocenters. The maximum absolute atomic E-state index is 12.3. The Balaban J connectivity index is 1.85. The van der Waals surface area contributed by atoms with E-state index >= 15 is 0 Å². The molecule has 2 heterocycles. The number of carbonyl (C=O) groups is 1. The van der Waals surface area contributed by atoms with Crippen molar-refractivity contribution in [3.63, 3.8) is 0 Å². The number of aryl methyl sites for hydroxylation is 3. The fourth-order valence-electron chi connectivity index (χ4n) is 2.84. The van der Waals surface area contributed by atoms with E-state index in [-0.39, 0.29) is 5.97 Å². The number of aliphatic imine (C=N–C) groups is 1. The van der Waals surface area contributed by atoms with E-state index in [4.69, 9.17) is 4.74 Å². The summed E-state index contributed by atoms with van der Waals surface area (Å²) >= 11 is 1.56. The number of carbonyl (C=O) groups excluding carboxylic acids is 1. The lowest BCUT2D eigenvalue weighted by molar-refractivity contribution is 0.0525. The minimum Gasteiger partial charge on any atom is -0.462 e. The number of benzene rings is 1. The van der Waals surface area contributed by atoms with Gasteiger partial charge in [-0.2, -0.15) is 5.10 Å². The van der Waals surface area contributed by atoms with Crippen LogP contribution < -0.4 is 5.43 Å². The van der Waals surface area contributed by atoms with Crippen molar-refractivity contribution in [1.82, 2.24) is 10.4 Å². The predicted octanol–water partition coefficient (Wildman–Crippen LogP) is 3.84. The number of esters is 1. The fourth-order valence-corrected chi connectivity index (χ4v) is 3.60. The number of hydrogen-bond donors (Lipinski definition) is 2. The molecule has 1 aliphatic heterocycles. The summed E-state index contributed by atoms with van der Waals surface area (Å²) in [6, 6.07) is 8.00. The summed E-state index contributed by atoms with van der Waals surface area (Å²) in [5.74, 6) is 0.304. The highest BCUT2D eigenvalue weighted by molar-refractivity contribution is 8.14. The molecule has 1 aromatic heterocycles. The first-order valence-corrected chi connectivity index (χ1v) is 9.45. The molecule has 0 radical (unpaired) electrons. The van der Waals surface area contributed by atoms with Crippen molar-refractivity contribution in [2.45, 2.75) is 27.7 Å². The first kappa shape index (κ1) is 18.3. The van der Waals surface area contributed by atoms with E-state index in [2.05, 4.69) is 20.5 Å². The van der Waals surface area contributed by atoms with Gasteiger partial charge in [0.25, 0.3) is 0 Å². The Bertz CT molecular complexity index is 882. The summed E-state index contributed by atoms with van der Waals surface area (Å²) in [7, 11) is 0. The molecule has 1 aliphatic rings. The summed E-state index contributed by atoms with van der Waals surface area (Å²) in [5.41, 5.74) is 8.96. The molecule has 0 bridgehead atoms. The van der Waals surface area contributed by atoms with Gasteiger partial charge in [-0.1, -0.05) is 29.5 Å². The fraction of sp³-hybridized carbons (Fsp3) is 0.316. The number of hydrazone groups is 1. The van der Waals surface area contributed by atoms with E-state index in [0.29, 0.717) is 17.9 Å². The highest BCUT2D eigenvalue weighted by Gasteiger charge is 2.26. The lowest BCUT2D eigenvalue weighted by Gasteiger charge is -2.16. The van der Waals surface area contributed by atoms with Crippen LogP contribution in [0.25, 0.3) is 0 Å². The number of ether oxygens (including phenoxy) is 1. The van der Waals surface area contributed by atoms with Crippen molar-refractivity contribution < 1.29 is 9.53 Å². The first-order chi connectivity index (χ1) is 12.5. The third-order valence-corrected chi connectivity index (χ3v) is 4.91. The summed E-state index contributed by atoms with van der Waals surface area (Å²) in [5, 5.41) is 5.20. The second-order valence-corrected chi connectivity index (χ2v) is 7.02. The van der Waals surface area contributed by atoms with Crippen LogP contribution >= 0.6 is 11.8 Å². The Kier molecular flexibility index (Phi) is 5.46. The van der Waals surface area contributed by atoms with Gasteiger partial charge in [0.05, 0.1) is 23.6 Å². The van der Waals surface area contributed by atoms with Crippen LogP contribution in [0.5, 0.6) is 0 Å². The molecule has 0 aliphatic carbocycles. The van der Waals surface area contributed by atoms with Gasteiger partial charge in [-0.05, 0) is 39.8 Å². The van der Waals surface area contributed by atoms with Gasteiger partial charge in [0.2, 0.25) is 0 Å². The Morgan fingerprint density at radius 1 is 1.23 bits per heavy atom. The van der Waals surface area contributed by atoms with Crippen LogP contribution in [-0.4, -0.2) is 34.2 Å². The van der Waals surface area contributed by atoms with Gasteiger partial charge in [-0.25, -0.2) is 9.79 Å². The van der Waals surface area contributed by atoms with Crippen LogP contribution in [0.2, 0.25) is 0 Å². The Morgan fingerprint density at radius 2 is 1.96 bits per heavy atom. The Labute approximate surface area is 157 Å². The predicted molar refractivity (Wildman–Crippen MR) is 107 cm³/mol. The van der Waals surface area contributed by atoms with Crippen LogP contribution in [-0.2, 0) is 4.74 Å². The minimum atomic E-state index is -0.323. The molecule has 6 nitrogen and oxygen atoms in total. The Morgan fingerprint density at radius 3 is 2.58 bits per heavy atom. The number of nitrogens with one attached hydrogen (secondary N) is 2. The van der Waals surface area contributed by atoms with E-state index < -0.39 is 0 Å². The summed E-state index contributed by atoms with van der Waals surface area (Å²) in [6.45, 7) is 8.00. The molecule has 136 valence electrons. The van der Waals surface area contributed by atoms with Crippen molar-refractivity contribution in [2.24, 2.45) is 10.1 Å². The average Bonchev–Trinajstić information content (AvgIpc) is 2.92. The molecule has 0 atom stereocenters. The lowest BCUT2D eigenvalue weighted by atomic mass is 10.1. The number of amidine groups is 1. The third-order valence-electron chi connectivity index (χ3n) is 4.04. The largest absolute Gasteiger partial charge is 0.462 e. The molecule has 2 N–H and O–H groups in total. The molecule has 2 aromatic rings. The van der Waals surface area contributed by atoms with Crippen LogP contribution in [0, 0.1) is 20.8 Å². The third kappa shape index (κ3) is 3.83. The maximum Gasteiger partial charge on any atom is 0.340 e. The molecular formula is C19H22N4O2S. The van der Waals surface area contributed by atoms with Crippen LogP contribution in [0.1, 0.15) is 39.8 Å². The average molecular weight is 370 g/mol. The molecule has 3 rings (SSSR count). The Hall–Kier alpha value is -2.54. The number of aromatic nitrogens is 1. The van der Waals surface area contributed by atoms with Crippen LogP contribution in [0.15, 0.2) is 34.4 Å². The highest BCUT2D eigenvalue weighted by atomic mass is 32.2. The van der Waals surface area contributed by atoms with Crippen molar-refractivity contribution >= 4 is 34.3 Å². The molecule has 0 amide bonds. The number of hydrogen-bond acceptors (Lipinski definition) is 5. The zero-order valence-electron chi connectivity index (χ0n) is 15.3. The summed E-state index contributed by atoms with van der Waals surface area (Å²) in [4.78, 5) is 20.1. The van der Waals surface area contributed by atoms with Gasteiger partial charge >= 0.3 is 5.97 Å². The molecule has 1 aromatic carbocycles. The van der Waals surface area contributed by atoms with Gasteiger partial charge in [-0.3, -0.25) is 5.43 Å². The van der Waals surface area contributed by atoms with E-state index in [1.165, 1.54) is 5.56 Å². The molecule has 0 spiro atoms. The van der Waals surface area contributed by atoms with E-state index in [9.17, 15) is 4.79 Å². The number of thioether (sulfide) groups is 1. The molecular weight excluding hydrogens is 348 g/mol. The van der Waals surface area contributed by atoms with Crippen molar-refractivity contribution in [2.75, 3.05) is 12.4 Å². The quantitative estimate of drug-likeness (QED) is 0.802. The lowest BCUT2D eigenvalue weighted by Crippen LogP contribution is -2.26. The molecule has 26 heavy (non-hydrogen) atoms. The summed E-state index contributed by atoms with van der Waals surface area (Å²) in [6.07, 6.45) is 0. The van der Waals surface area contributed by atoms with Crippen molar-refractivity contribution in [1.29, 1.82) is 0 Å². The van der Waals surface area contributed by atoms with Gasteiger partial charge in [0.1, 0.15) is 0 Å². The first-order valence-electron chi connectivity index (χ1n) is 8.47. The molecule has 0 saturated heterocycles. The van der Waals surface area contributed by atoms with Crippen molar-refractivity contribution in [3.8, 4) is 0 Å². The van der Waals surface area contributed by atoms with Gasteiger partial charge in [0.15, 0.2) is 5.17 Å². The second-order valence-electron chi connectivity index (χ2n) is 6.06. The highest BCUT2D eigenvalue weighted by Crippen LogP contribution is 2.25. The van der Waals surface area contributed by atoms with Crippen LogP contribution in [0.4, 0.5) is 5.69 Å². The number of rotatable bonds is 4. The van der Waals surface area contributed by atoms with E-state index in [0.717, 1.165) is 33.5 Å². The topological polar surface area (TPSA) is 78.8 Å². The smallest absolute Gasteiger partial charge is 0.340 e. The van der Waals surface area contributed by atoms with Gasteiger partial charge < -0.3 is 9.72 Å². The van der Waals surface area contributed by atoms with E-state index in [1.54, 1.807) is 18.7 Å². The zero-order chi connectivity index (χ0) is 18.7. The SMILES string of the molecule is CCOC(=O)c1c(C)[nH]c(C)c1C1=NNC(=Nc2ccc(C)cc2)SC1. The maximum atomic E-state index is 12.3. The van der Waals surface area contributed by atoms with Gasteiger partial charge in [0, 0.05) is 22.7 Å². The molecule has 0 fully saturated rings. The second kappa shape index (κ2) is 7.78. The number of nitrogens with zero attached hydrogens (tertiary/aromatic N) is 2. The van der Waals surface area contributed by atoms with Crippen molar-refractivity contribution in [3.05, 3.63) is 52.3 Å². The number of H-pyrrole nitrogens is 1. The molecule has 7 heteroatoms. The normalized spacial score (nSPS) is 15.5. The standard InChI is InChI=1S/C19H22N4O2S/c1-5-25-18(24)17-13(4)20-12(3)16(17)15-10-26-19(23-22-15)21-14-8-6-11(2)7-9-14/h6-9,20H,5,10H2,1-4H3,(H,21,23). The monoisotopic (exact) mass is 370 g/mol. The summed E-state index contributed by atoms with van der Waals surface area (Å²) < 4.78 is 5.20.